The molecule has 0 radical (unpaired) electrons. The highest BCUT2D eigenvalue weighted by Gasteiger charge is 2.25. The van der Waals surface area contributed by atoms with E-state index in [0.29, 0.717) is 17.9 Å². The highest BCUT2D eigenvalue weighted by atomic mass is 16.5. The smallest absolute Gasteiger partial charge is 0.334 e. The Morgan fingerprint density at radius 3 is 2.63 bits per heavy atom. The zero-order chi connectivity index (χ0) is 13.7. The van der Waals surface area contributed by atoms with Gasteiger partial charge in [0.25, 0.3) is 0 Å². The van der Waals surface area contributed by atoms with Gasteiger partial charge in [-0.15, -0.1) is 0 Å². The van der Waals surface area contributed by atoms with Crippen molar-refractivity contribution in [3.8, 4) is 0 Å². The van der Waals surface area contributed by atoms with Crippen LogP contribution in [0.15, 0.2) is 42.5 Å². The molecule has 0 bridgehead atoms. The van der Waals surface area contributed by atoms with Crippen molar-refractivity contribution < 1.29 is 9.53 Å². The average Bonchev–Trinajstić information content (AvgIpc) is 2.42. The second kappa shape index (κ2) is 6.55. The molecule has 2 nitrogen and oxygen atoms in total. The summed E-state index contributed by atoms with van der Waals surface area (Å²) in [5.41, 5.74) is 1.64. The van der Waals surface area contributed by atoms with E-state index < -0.39 is 0 Å². The number of esters is 1. The summed E-state index contributed by atoms with van der Waals surface area (Å²) in [6.45, 7) is 6.03. The van der Waals surface area contributed by atoms with Crippen molar-refractivity contribution in [1.29, 1.82) is 0 Å². The first kappa shape index (κ1) is 13.9. The van der Waals surface area contributed by atoms with Gasteiger partial charge in [0.15, 0.2) is 0 Å². The monoisotopic (exact) mass is 258 g/mol. The Balaban J connectivity index is 1.87. The molecule has 0 spiro atoms. The molecule has 1 aliphatic rings. The van der Waals surface area contributed by atoms with E-state index in [1.165, 1.54) is 6.42 Å². The van der Waals surface area contributed by atoms with E-state index in [1.807, 2.05) is 30.3 Å². The lowest BCUT2D eigenvalue weighted by Gasteiger charge is -2.28. The van der Waals surface area contributed by atoms with Gasteiger partial charge in [0.2, 0.25) is 0 Å². The number of rotatable bonds is 4. The van der Waals surface area contributed by atoms with E-state index >= 15 is 0 Å². The predicted octanol–water partition coefficient (Wildman–Crippen LogP) is 3.91. The van der Waals surface area contributed by atoms with Crippen LogP contribution in [0.1, 0.15) is 38.2 Å². The van der Waals surface area contributed by atoms with E-state index in [9.17, 15) is 4.79 Å². The van der Waals surface area contributed by atoms with Crippen molar-refractivity contribution in [2.45, 2.75) is 45.1 Å². The first-order chi connectivity index (χ1) is 9.16. The maximum Gasteiger partial charge on any atom is 0.334 e. The largest absolute Gasteiger partial charge is 0.459 e. The number of benzene rings is 1. The topological polar surface area (TPSA) is 26.3 Å². The van der Waals surface area contributed by atoms with Gasteiger partial charge < -0.3 is 4.74 Å². The molecule has 0 aliphatic heterocycles. The molecule has 0 saturated heterocycles. The fourth-order valence-electron chi connectivity index (χ4n) is 2.59. The molecule has 2 rings (SSSR count). The average molecular weight is 258 g/mol. The summed E-state index contributed by atoms with van der Waals surface area (Å²) in [7, 11) is 0. The van der Waals surface area contributed by atoms with Gasteiger partial charge in [0.05, 0.1) is 0 Å². The molecule has 1 aliphatic carbocycles. The van der Waals surface area contributed by atoms with E-state index in [-0.39, 0.29) is 12.1 Å². The van der Waals surface area contributed by atoms with Gasteiger partial charge in [-0.25, -0.2) is 4.79 Å². The Bertz CT molecular complexity index is 436. The van der Waals surface area contributed by atoms with Crippen LogP contribution >= 0.6 is 0 Å². The molecular formula is C17H22O2. The molecule has 1 aromatic rings. The van der Waals surface area contributed by atoms with Gasteiger partial charge in [-0.2, -0.15) is 0 Å². The third-order valence-corrected chi connectivity index (χ3v) is 3.84. The minimum atomic E-state index is -0.234. The number of ether oxygens (including phenoxy) is 1. The lowest BCUT2D eigenvalue weighted by Crippen LogP contribution is -2.29. The Hall–Kier alpha value is -1.57. The normalized spacial score (nSPS) is 22.8. The minimum Gasteiger partial charge on any atom is -0.459 e. The van der Waals surface area contributed by atoms with Gasteiger partial charge in [-0.3, -0.25) is 0 Å². The summed E-state index contributed by atoms with van der Waals surface area (Å²) in [5.74, 6) is 0.241. The fourth-order valence-corrected chi connectivity index (χ4v) is 2.59. The van der Waals surface area contributed by atoms with Gasteiger partial charge >= 0.3 is 5.97 Å². The van der Waals surface area contributed by atoms with E-state index in [4.69, 9.17) is 4.74 Å². The predicted molar refractivity (Wildman–Crippen MR) is 76.8 cm³/mol. The molecule has 19 heavy (non-hydrogen) atoms. The maximum absolute atomic E-state index is 12.0. The quantitative estimate of drug-likeness (QED) is 0.604. The number of carbonyl (C=O) groups excluding carboxylic acids is 1. The molecule has 2 atom stereocenters. The molecule has 0 N–H and O–H groups in total. The second-order valence-electron chi connectivity index (χ2n) is 5.47. The molecule has 2 unspecified atom stereocenters. The Morgan fingerprint density at radius 1 is 1.26 bits per heavy atom. The zero-order valence-corrected chi connectivity index (χ0v) is 11.6. The van der Waals surface area contributed by atoms with Crippen LogP contribution < -0.4 is 0 Å². The molecular weight excluding hydrogens is 236 g/mol. The third-order valence-electron chi connectivity index (χ3n) is 3.84. The lowest BCUT2D eigenvalue weighted by atomic mass is 9.88. The van der Waals surface area contributed by atoms with Crippen molar-refractivity contribution in [3.05, 3.63) is 48.0 Å². The van der Waals surface area contributed by atoms with Crippen LogP contribution in [-0.2, 0) is 16.0 Å². The Kier molecular flexibility index (Phi) is 4.78. The van der Waals surface area contributed by atoms with Crippen molar-refractivity contribution in [3.63, 3.8) is 0 Å². The van der Waals surface area contributed by atoms with Crippen LogP contribution in [0.25, 0.3) is 0 Å². The highest BCUT2D eigenvalue weighted by Crippen LogP contribution is 2.27. The standard InChI is InChI=1S/C17H22O2/c1-13-8-6-7-11-16(13)19-17(18)14(2)12-15-9-4-3-5-10-15/h3-5,9-10,13,16H,2,6-8,11-12H2,1H3. The van der Waals surface area contributed by atoms with Gasteiger partial charge in [0, 0.05) is 12.0 Å². The first-order valence-corrected chi connectivity index (χ1v) is 7.09. The number of carbonyl (C=O) groups is 1. The minimum absolute atomic E-state index is 0.0776. The molecule has 1 saturated carbocycles. The summed E-state index contributed by atoms with van der Waals surface area (Å²) < 4.78 is 5.60. The third kappa shape index (κ3) is 3.95. The number of hydrogen-bond donors (Lipinski definition) is 0. The highest BCUT2D eigenvalue weighted by molar-refractivity contribution is 5.88. The SMILES string of the molecule is C=C(Cc1ccccc1)C(=O)OC1CCCCC1C. The van der Waals surface area contributed by atoms with Crippen LogP contribution in [-0.4, -0.2) is 12.1 Å². The fraction of sp³-hybridized carbons (Fsp3) is 0.471. The van der Waals surface area contributed by atoms with Crippen molar-refractivity contribution >= 4 is 5.97 Å². The summed E-state index contributed by atoms with van der Waals surface area (Å²) in [4.78, 5) is 12.0. The summed E-state index contributed by atoms with van der Waals surface area (Å²) in [6, 6.07) is 9.91. The molecule has 1 aromatic carbocycles. The molecule has 2 heteroatoms. The second-order valence-corrected chi connectivity index (χ2v) is 5.47. The van der Waals surface area contributed by atoms with E-state index in [2.05, 4.69) is 13.5 Å². The van der Waals surface area contributed by atoms with E-state index in [1.54, 1.807) is 0 Å². The van der Waals surface area contributed by atoms with E-state index in [0.717, 1.165) is 24.8 Å². The van der Waals surface area contributed by atoms with Gasteiger partial charge in [0.1, 0.15) is 6.10 Å². The van der Waals surface area contributed by atoms with Crippen molar-refractivity contribution in [2.75, 3.05) is 0 Å². The summed E-state index contributed by atoms with van der Waals surface area (Å²) >= 11 is 0. The zero-order valence-electron chi connectivity index (χ0n) is 11.6. The van der Waals surface area contributed by atoms with Crippen LogP contribution in [0.5, 0.6) is 0 Å². The van der Waals surface area contributed by atoms with Gasteiger partial charge in [-0.05, 0) is 30.7 Å². The molecule has 0 aromatic heterocycles. The lowest BCUT2D eigenvalue weighted by molar-refractivity contribution is -0.148. The summed E-state index contributed by atoms with van der Waals surface area (Å²) in [6.07, 6.45) is 5.21. The van der Waals surface area contributed by atoms with Crippen molar-refractivity contribution in [2.24, 2.45) is 5.92 Å². The van der Waals surface area contributed by atoms with Crippen LogP contribution in [0.4, 0.5) is 0 Å². The molecule has 0 amide bonds. The summed E-state index contributed by atoms with van der Waals surface area (Å²) in [5, 5.41) is 0. The van der Waals surface area contributed by atoms with Crippen LogP contribution in [0.3, 0.4) is 0 Å². The molecule has 0 heterocycles. The van der Waals surface area contributed by atoms with Crippen LogP contribution in [0.2, 0.25) is 0 Å². The van der Waals surface area contributed by atoms with Crippen LogP contribution in [0, 0.1) is 5.92 Å². The maximum atomic E-state index is 12.0. The van der Waals surface area contributed by atoms with Gasteiger partial charge in [-0.1, -0.05) is 50.3 Å². The first-order valence-electron chi connectivity index (χ1n) is 7.09. The number of hydrogen-bond acceptors (Lipinski definition) is 2. The molecule has 1 fully saturated rings. The Labute approximate surface area is 115 Å². The van der Waals surface area contributed by atoms with Crippen molar-refractivity contribution in [1.82, 2.24) is 0 Å². The Morgan fingerprint density at radius 2 is 1.95 bits per heavy atom. The molecule has 102 valence electrons.